The third kappa shape index (κ3) is 4.77. The Morgan fingerprint density at radius 3 is 2.88 bits per heavy atom. The average Bonchev–Trinajstić information content (AvgIpc) is 3.02. The number of ether oxygens (including phenoxy) is 1. The van der Waals surface area contributed by atoms with Crippen molar-refractivity contribution in [1.29, 1.82) is 0 Å². The summed E-state index contributed by atoms with van der Waals surface area (Å²) in [5, 5.41) is 2.90. The minimum atomic E-state index is -0.103. The first-order valence-corrected chi connectivity index (χ1v) is 8.72. The van der Waals surface area contributed by atoms with E-state index in [1.54, 1.807) is 0 Å². The Labute approximate surface area is 148 Å². The molecule has 0 radical (unpaired) electrons. The maximum atomic E-state index is 11.9. The van der Waals surface area contributed by atoms with E-state index in [9.17, 15) is 4.79 Å². The number of nitrogens with one attached hydrogen (secondary N) is 1. The Bertz CT molecular complexity index is 796. The zero-order valence-electron chi connectivity index (χ0n) is 14.8. The van der Waals surface area contributed by atoms with E-state index >= 15 is 0 Å². The topological polar surface area (TPSA) is 50.7 Å². The van der Waals surface area contributed by atoms with Crippen LogP contribution in [0.5, 0.6) is 0 Å². The van der Waals surface area contributed by atoms with Crippen molar-refractivity contribution in [2.45, 2.75) is 33.2 Å². The third-order valence-corrected chi connectivity index (χ3v) is 4.31. The van der Waals surface area contributed by atoms with Gasteiger partial charge in [0.05, 0.1) is 12.3 Å². The number of aryl methyl sites for hydroxylation is 2. The first kappa shape index (κ1) is 17.4. The zero-order chi connectivity index (χ0) is 17.6. The van der Waals surface area contributed by atoms with Crippen LogP contribution in [0.3, 0.4) is 0 Å². The van der Waals surface area contributed by atoms with Crippen LogP contribution < -0.4 is 5.32 Å². The van der Waals surface area contributed by atoms with Crippen LogP contribution in [0, 0.1) is 6.92 Å². The monoisotopic (exact) mass is 336 g/mol. The van der Waals surface area contributed by atoms with E-state index in [-0.39, 0.29) is 12.5 Å². The number of benzene rings is 2. The summed E-state index contributed by atoms with van der Waals surface area (Å²) >= 11 is 0. The Morgan fingerprint density at radius 2 is 2.04 bits per heavy atom. The number of nitrogens with zero attached hydrogens (tertiary/aromatic N) is 1. The highest BCUT2D eigenvalue weighted by atomic mass is 16.5. The van der Waals surface area contributed by atoms with Crippen LogP contribution in [-0.4, -0.2) is 24.8 Å². The van der Waals surface area contributed by atoms with E-state index in [2.05, 4.69) is 54.5 Å². The fraction of sp³-hybridized carbons (Fsp3) is 0.333. The quantitative estimate of drug-likeness (QED) is 0.841. The molecule has 1 amide bonds. The molecular weight excluding hydrogens is 312 g/mol. The molecule has 0 atom stereocenters. The van der Waals surface area contributed by atoms with Crippen molar-refractivity contribution in [3.8, 4) is 0 Å². The van der Waals surface area contributed by atoms with Gasteiger partial charge >= 0.3 is 0 Å². The van der Waals surface area contributed by atoms with Gasteiger partial charge in [-0.25, -0.2) is 0 Å². The molecule has 0 aliphatic carbocycles. The summed E-state index contributed by atoms with van der Waals surface area (Å²) in [7, 11) is 0. The fourth-order valence-electron chi connectivity index (χ4n) is 2.91. The zero-order valence-corrected chi connectivity index (χ0v) is 14.8. The highest BCUT2D eigenvalue weighted by Crippen LogP contribution is 2.27. The van der Waals surface area contributed by atoms with Gasteiger partial charge in [0, 0.05) is 18.7 Å². The van der Waals surface area contributed by atoms with Crippen molar-refractivity contribution in [2.24, 2.45) is 4.99 Å². The van der Waals surface area contributed by atoms with Crippen LogP contribution in [0.2, 0.25) is 0 Å². The summed E-state index contributed by atoms with van der Waals surface area (Å²) in [5.74, 6) is -0.103. The molecule has 25 heavy (non-hydrogen) atoms. The van der Waals surface area contributed by atoms with Gasteiger partial charge in [-0.1, -0.05) is 43.3 Å². The molecule has 0 saturated heterocycles. The van der Waals surface area contributed by atoms with Crippen LogP contribution in [0.1, 0.15) is 29.2 Å². The summed E-state index contributed by atoms with van der Waals surface area (Å²) in [6.45, 7) is 5.16. The first-order chi connectivity index (χ1) is 12.1. The third-order valence-electron chi connectivity index (χ3n) is 4.31. The first-order valence-electron chi connectivity index (χ1n) is 8.72. The van der Waals surface area contributed by atoms with Gasteiger partial charge in [0.1, 0.15) is 6.61 Å². The van der Waals surface area contributed by atoms with E-state index in [0.29, 0.717) is 13.2 Å². The van der Waals surface area contributed by atoms with Crippen LogP contribution in [0.15, 0.2) is 47.5 Å². The summed E-state index contributed by atoms with van der Waals surface area (Å²) in [4.78, 5) is 16.5. The van der Waals surface area contributed by atoms with Gasteiger partial charge < -0.3 is 10.1 Å². The Balaban J connectivity index is 1.41. The lowest BCUT2D eigenvalue weighted by atomic mass is 10.1. The van der Waals surface area contributed by atoms with Crippen LogP contribution >= 0.6 is 0 Å². The van der Waals surface area contributed by atoms with Gasteiger partial charge in [-0.3, -0.25) is 9.79 Å². The summed E-state index contributed by atoms with van der Waals surface area (Å²) in [6.07, 6.45) is 1.80. The maximum absolute atomic E-state index is 11.9. The number of amides is 1. The number of hydrogen-bond donors (Lipinski definition) is 1. The van der Waals surface area contributed by atoms with Gasteiger partial charge in [-0.15, -0.1) is 0 Å². The second kappa shape index (κ2) is 8.08. The molecule has 0 spiro atoms. The Kier molecular flexibility index (Phi) is 5.61. The van der Waals surface area contributed by atoms with Crippen LogP contribution in [0.4, 0.5) is 5.69 Å². The number of carbonyl (C=O) groups is 1. The molecule has 3 rings (SSSR count). The molecule has 0 bridgehead atoms. The molecule has 4 heteroatoms. The number of hydrogen-bond acceptors (Lipinski definition) is 3. The molecule has 0 aromatic heterocycles. The highest BCUT2D eigenvalue weighted by Gasteiger charge is 2.14. The summed E-state index contributed by atoms with van der Waals surface area (Å²) in [5.41, 5.74) is 6.82. The molecule has 1 aliphatic heterocycles. The van der Waals surface area contributed by atoms with E-state index in [4.69, 9.17) is 4.74 Å². The predicted molar refractivity (Wildman–Crippen MR) is 100 cm³/mol. The molecule has 1 aliphatic rings. The van der Waals surface area contributed by atoms with E-state index in [0.717, 1.165) is 29.8 Å². The molecule has 0 saturated carbocycles. The minimum Gasteiger partial charge on any atom is -0.366 e. The van der Waals surface area contributed by atoms with E-state index in [1.165, 1.54) is 16.7 Å². The molecule has 2 aromatic rings. The smallest absolute Gasteiger partial charge is 0.246 e. The van der Waals surface area contributed by atoms with Crippen molar-refractivity contribution >= 4 is 17.3 Å². The molecule has 0 fully saturated rings. The lowest BCUT2D eigenvalue weighted by molar-refractivity contribution is -0.125. The predicted octanol–water partition coefficient (Wildman–Crippen LogP) is 3.52. The van der Waals surface area contributed by atoms with Crippen LogP contribution in [0.25, 0.3) is 0 Å². The molecule has 130 valence electrons. The second-order valence-electron chi connectivity index (χ2n) is 6.43. The normalized spacial score (nSPS) is 12.6. The standard InChI is InChI=1S/C21H24N2O2/c1-3-16-5-4-6-17(10-16)12-22-21(24)14-25-13-19-11-18-8-7-15(2)9-20(18)23-19/h4-10H,3,11-14H2,1-2H3,(H,22,24). The van der Waals surface area contributed by atoms with E-state index in [1.807, 2.05) is 12.1 Å². The summed E-state index contributed by atoms with van der Waals surface area (Å²) in [6, 6.07) is 14.5. The van der Waals surface area contributed by atoms with Crippen molar-refractivity contribution in [3.05, 3.63) is 64.7 Å². The largest absolute Gasteiger partial charge is 0.366 e. The SMILES string of the molecule is CCc1cccc(CNC(=O)COCC2=Nc3cc(C)ccc3C2)c1. The Morgan fingerprint density at radius 1 is 1.20 bits per heavy atom. The molecule has 2 aromatic carbocycles. The van der Waals surface area contributed by atoms with Gasteiger partial charge in [0.2, 0.25) is 5.91 Å². The van der Waals surface area contributed by atoms with E-state index < -0.39 is 0 Å². The highest BCUT2D eigenvalue weighted by molar-refractivity contribution is 5.95. The molecule has 4 nitrogen and oxygen atoms in total. The molecule has 1 heterocycles. The minimum absolute atomic E-state index is 0.0574. The maximum Gasteiger partial charge on any atom is 0.246 e. The van der Waals surface area contributed by atoms with Gasteiger partial charge in [0.15, 0.2) is 0 Å². The average molecular weight is 336 g/mol. The van der Waals surface area contributed by atoms with Crippen molar-refractivity contribution in [2.75, 3.05) is 13.2 Å². The van der Waals surface area contributed by atoms with Gasteiger partial charge in [-0.2, -0.15) is 0 Å². The fourth-order valence-corrected chi connectivity index (χ4v) is 2.91. The van der Waals surface area contributed by atoms with Crippen molar-refractivity contribution in [3.63, 3.8) is 0 Å². The van der Waals surface area contributed by atoms with Crippen molar-refractivity contribution in [1.82, 2.24) is 5.32 Å². The van der Waals surface area contributed by atoms with Gasteiger partial charge in [-0.05, 0) is 41.7 Å². The number of aliphatic imine (C=N–C) groups is 1. The molecule has 1 N–H and O–H groups in total. The lowest BCUT2D eigenvalue weighted by Crippen LogP contribution is -2.28. The van der Waals surface area contributed by atoms with Gasteiger partial charge in [0.25, 0.3) is 0 Å². The molecule has 0 unspecified atom stereocenters. The van der Waals surface area contributed by atoms with Crippen molar-refractivity contribution < 1.29 is 9.53 Å². The number of fused-ring (bicyclic) bond motifs is 1. The lowest BCUT2D eigenvalue weighted by Gasteiger charge is -2.07. The number of rotatable bonds is 7. The summed E-state index contributed by atoms with van der Waals surface area (Å²) < 4.78 is 5.53. The Hall–Kier alpha value is -2.46. The number of carbonyl (C=O) groups excluding carboxylic acids is 1. The molecular formula is C21H24N2O2. The van der Waals surface area contributed by atoms with Crippen LogP contribution in [-0.2, 0) is 28.9 Å². The second-order valence-corrected chi connectivity index (χ2v) is 6.43.